The lowest BCUT2D eigenvalue weighted by Gasteiger charge is -2.15. The number of hydrogen-bond acceptors (Lipinski definition) is 4. The van der Waals surface area contributed by atoms with E-state index in [0.29, 0.717) is 38.9 Å². The van der Waals surface area contributed by atoms with Crippen molar-refractivity contribution < 1.29 is 9.59 Å². The molecule has 2 aromatic heterocycles. The predicted octanol–water partition coefficient (Wildman–Crippen LogP) is 5.20. The van der Waals surface area contributed by atoms with Crippen LogP contribution < -0.4 is 4.90 Å². The SMILES string of the molecule is CC(C)c1ccc(N2C(=O)c3cnc4n[nH]c(-c5ccc(Cl)cc5)c4c3C2=O)cc1. The second-order valence-electron chi connectivity index (χ2n) is 7.54. The molecule has 30 heavy (non-hydrogen) atoms. The minimum Gasteiger partial charge on any atom is -0.275 e. The quantitative estimate of drug-likeness (QED) is 0.465. The Morgan fingerprint density at radius 2 is 1.67 bits per heavy atom. The Kier molecular flexibility index (Phi) is 4.18. The summed E-state index contributed by atoms with van der Waals surface area (Å²) < 4.78 is 0. The third-order valence-corrected chi connectivity index (χ3v) is 5.64. The summed E-state index contributed by atoms with van der Waals surface area (Å²) in [6.45, 7) is 4.19. The molecule has 0 bridgehead atoms. The zero-order valence-corrected chi connectivity index (χ0v) is 17.1. The molecule has 6 nitrogen and oxygen atoms in total. The molecule has 2 aromatic carbocycles. The van der Waals surface area contributed by atoms with Gasteiger partial charge in [-0.2, -0.15) is 5.10 Å². The first-order valence-corrected chi connectivity index (χ1v) is 9.95. The fourth-order valence-corrected chi connectivity index (χ4v) is 3.89. The van der Waals surface area contributed by atoms with Crippen LogP contribution in [0.4, 0.5) is 5.69 Å². The molecular weight excluding hydrogens is 400 g/mol. The molecule has 0 saturated heterocycles. The molecule has 0 saturated carbocycles. The number of aromatic amines is 1. The number of imide groups is 1. The molecule has 0 radical (unpaired) electrons. The van der Waals surface area contributed by atoms with Crippen LogP contribution in [-0.4, -0.2) is 27.0 Å². The molecule has 0 spiro atoms. The molecule has 4 aromatic rings. The van der Waals surface area contributed by atoms with E-state index in [0.717, 1.165) is 11.1 Å². The predicted molar refractivity (Wildman–Crippen MR) is 116 cm³/mol. The van der Waals surface area contributed by atoms with Gasteiger partial charge in [-0.05, 0) is 35.7 Å². The lowest BCUT2D eigenvalue weighted by Crippen LogP contribution is -2.29. The minimum atomic E-state index is -0.384. The fourth-order valence-electron chi connectivity index (χ4n) is 3.76. The van der Waals surface area contributed by atoms with Gasteiger partial charge in [-0.15, -0.1) is 0 Å². The fraction of sp³-hybridized carbons (Fsp3) is 0.130. The van der Waals surface area contributed by atoms with Gasteiger partial charge in [-0.3, -0.25) is 14.7 Å². The molecule has 5 rings (SSSR count). The van der Waals surface area contributed by atoms with Gasteiger partial charge in [0.1, 0.15) is 0 Å². The van der Waals surface area contributed by atoms with Gasteiger partial charge in [0, 0.05) is 16.8 Å². The van der Waals surface area contributed by atoms with Crippen LogP contribution in [0.5, 0.6) is 0 Å². The molecule has 1 N–H and O–H groups in total. The van der Waals surface area contributed by atoms with E-state index in [1.165, 1.54) is 11.1 Å². The number of nitrogens with zero attached hydrogens (tertiary/aromatic N) is 3. The molecule has 1 aliphatic heterocycles. The molecule has 0 atom stereocenters. The van der Waals surface area contributed by atoms with E-state index in [9.17, 15) is 9.59 Å². The summed E-state index contributed by atoms with van der Waals surface area (Å²) in [5, 5.41) is 8.32. The molecule has 0 unspecified atom stereocenters. The molecular formula is C23H17ClN4O2. The summed E-state index contributed by atoms with van der Waals surface area (Å²) in [4.78, 5) is 32.0. The zero-order valence-electron chi connectivity index (χ0n) is 16.3. The van der Waals surface area contributed by atoms with Crippen LogP contribution in [0.3, 0.4) is 0 Å². The van der Waals surface area contributed by atoms with Gasteiger partial charge in [0.25, 0.3) is 11.8 Å². The standard InChI is InChI=1S/C23H17ClN4O2/c1-12(2)13-5-9-16(10-6-13)28-22(29)17-11-25-21-19(18(17)23(28)30)20(26-27-21)14-3-7-15(24)8-4-14/h3-12H,1-2H3,(H,25,26,27). The Morgan fingerprint density at radius 1 is 0.967 bits per heavy atom. The van der Waals surface area contributed by atoms with Gasteiger partial charge in [0.2, 0.25) is 0 Å². The molecule has 2 amide bonds. The molecule has 7 heteroatoms. The van der Waals surface area contributed by atoms with Crippen molar-refractivity contribution in [2.24, 2.45) is 0 Å². The number of aromatic nitrogens is 3. The van der Waals surface area contributed by atoms with Crippen molar-refractivity contribution in [2.45, 2.75) is 19.8 Å². The summed E-state index contributed by atoms with van der Waals surface area (Å²) in [7, 11) is 0. The van der Waals surface area contributed by atoms with Crippen LogP contribution in [-0.2, 0) is 0 Å². The van der Waals surface area contributed by atoms with Crippen molar-refractivity contribution >= 4 is 40.1 Å². The van der Waals surface area contributed by atoms with Crippen LogP contribution in [0.25, 0.3) is 22.3 Å². The highest BCUT2D eigenvalue weighted by molar-refractivity contribution is 6.38. The highest BCUT2D eigenvalue weighted by atomic mass is 35.5. The van der Waals surface area contributed by atoms with Crippen molar-refractivity contribution in [3.63, 3.8) is 0 Å². The number of carbonyl (C=O) groups excluding carboxylic acids is 2. The van der Waals surface area contributed by atoms with Gasteiger partial charge in [-0.1, -0.05) is 49.7 Å². The molecule has 0 aliphatic carbocycles. The first-order chi connectivity index (χ1) is 14.5. The number of pyridine rings is 1. The maximum Gasteiger partial charge on any atom is 0.267 e. The largest absolute Gasteiger partial charge is 0.275 e. The average Bonchev–Trinajstić information content (AvgIpc) is 3.28. The molecule has 0 fully saturated rings. The average molecular weight is 417 g/mol. The molecule has 1 aliphatic rings. The maximum atomic E-state index is 13.4. The Bertz CT molecular complexity index is 1310. The van der Waals surface area contributed by atoms with Crippen LogP contribution >= 0.6 is 11.6 Å². The summed E-state index contributed by atoms with van der Waals surface area (Å²) >= 11 is 6.00. The van der Waals surface area contributed by atoms with Crippen LogP contribution in [0, 0.1) is 0 Å². The van der Waals surface area contributed by atoms with E-state index in [2.05, 4.69) is 29.0 Å². The monoisotopic (exact) mass is 416 g/mol. The normalized spacial score (nSPS) is 13.5. The summed E-state index contributed by atoms with van der Waals surface area (Å²) in [6.07, 6.45) is 1.42. The van der Waals surface area contributed by atoms with Gasteiger partial charge < -0.3 is 0 Å². The van der Waals surface area contributed by atoms with E-state index in [1.807, 2.05) is 24.3 Å². The van der Waals surface area contributed by atoms with E-state index in [-0.39, 0.29) is 17.4 Å². The van der Waals surface area contributed by atoms with E-state index in [4.69, 9.17) is 11.6 Å². The Balaban J connectivity index is 1.66. The van der Waals surface area contributed by atoms with E-state index in [1.54, 1.807) is 24.3 Å². The number of rotatable bonds is 3. The van der Waals surface area contributed by atoms with Crippen molar-refractivity contribution in [1.82, 2.24) is 15.2 Å². The number of nitrogens with one attached hydrogen (secondary N) is 1. The lowest BCUT2D eigenvalue weighted by atomic mass is 10.0. The zero-order chi connectivity index (χ0) is 21.0. The van der Waals surface area contributed by atoms with Crippen molar-refractivity contribution in [3.8, 4) is 11.3 Å². The summed E-state index contributed by atoms with van der Waals surface area (Å²) in [5.41, 5.74) is 4.08. The van der Waals surface area contributed by atoms with E-state index >= 15 is 0 Å². The summed E-state index contributed by atoms with van der Waals surface area (Å²) in [6, 6.07) is 14.7. The van der Waals surface area contributed by atoms with Gasteiger partial charge >= 0.3 is 0 Å². The Labute approximate surface area is 177 Å². The summed E-state index contributed by atoms with van der Waals surface area (Å²) in [5.74, 6) is -0.404. The first-order valence-electron chi connectivity index (χ1n) is 9.57. The number of carbonyl (C=O) groups is 2. The molecule has 148 valence electrons. The van der Waals surface area contributed by atoms with Crippen molar-refractivity contribution in [3.05, 3.63) is 76.4 Å². The van der Waals surface area contributed by atoms with Crippen LogP contribution in [0.15, 0.2) is 54.7 Å². The lowest BCUT2D eigenvalue weighted by molar-refractivity contribution is 0.0926. The molecule has 3 heterocycles. The number of hydrogen-bond donors (Lipinski definition) is 1. The van der Waals surface area contributed by atoms with Gasteiger partial charge in [0.05, 0.1) is 27.9 Å². The Morgan fingerprint density at radius 3 is 2.33 bits per heavy atom. The van der Waals surface area contributed by atoms with Crippen LogP contribution in [0.2, 0.25) is 5.02 Å². The second kappa shape index (κ2) is 6.78. The Hall–Kier alpha value is -3.51. The number of benzene rings is 2. The number of H-pyrrole nitrogens is 1. The van der Waals surface area contributed by atoms with Gasteiger partial charge in [0.15, 0.2) is 5.65 Å². The third-order valence-electron chi connectivity index (χ3n) is 5.38. The highest BCUT2D eigenvalue weighted by Gasteiger charge is 2.40. The van der Waals surface area contributed by atoms with E-state index < -0.39 is 0 Å². The number of anilines is 1. The topological polar surface area (TPSA) is 79.0 Å². The third kappa shape index (κ3) is 2.72. The minimum absolute atomic E-state index is 0.275. The number of halogens is 1. The van der Waals surface area contributed by atoms with Crippen molar-refractivity contribution in [1.29, 1.82) is 0 Å². The van der Waals surface area contributed by atoms with Crippen molar-refractivity contribution in [2.75, 3.05) is 4.90 Å². The highest BCUT2D eigenvalue weighted by Crippen LogP contribution is 2.36. The van der Waals surface area contributed by atoms with Crippen LogP contribution in [0.1, 0.15) is 46.0 Å². The number of fused-ring (bicyclic) bond motifs is 3. The number of amides is 2. The second-order valence-corrected chi connectivity index (χ2v) is 7.98. The van der Waals surface area contributed by atoms with Gasteiger partial charge in [-0.25, -0.2) is 9.88 Å². The first kappa shape index (κ1) is 18.5. The maximum absolute atomic E-state index is 13.4. The smallest absolute Gasteiger partial charge is 0.267 e.